The van der Waals surface area contributed by atoms with Crippen molar-refractivity contribution in [3.8, 4) is 11.8 Å². The second-order valence-corrected chi connectivity index (χ2v) is 3.81. The first kappa shape index (κ1) is 13.5. The van der Waals surface area contributed by atoms with Crippen LogP contribution in [0.25, 0.3) is 0 Å². The number of carbonyl (C=O) groups is 1. The first-order chi connectivity index (χ1) is 7.76. The van der Waals surface area contributed by atoms with E-state index in [0.29, 0.717) is 0 Å². The van der Waals surface area contributed by atoms with Crippen molar-refractivity contribution in [1.82, 2.24) is 0 Å². The number of rotatable bonds is 2. The molecule has 17 heavy (non-hydrogen) atoms. The van der Waals surface area contributed by atoms with Crippen LogP contribution in [-0.2, 0) is 0 Å². The second-order valence-electron chi connectivity index (χ2n) is 3.02. The summed E-state index contributed by atoms with van der Waals surface area (Å²) in [5, 5.41) is 8.67. The zero-order valence-corrected chi connectivity index (χ0v) is 10.0. The van der Waals surface area contributed by atoms with Gasteiger partial charge in [0, 0.05) is 0 Å². The van der Waals surface area contributed by atoms with Crippen LogP contribution >= 0.6 is 15.9 Å². The fraction of sp³-hybridized carbons (Fsp3) is 0.200. The molecule has 3 nitrogen and oxygen atoms in total. The summed E-state index contributed by atoms with van der Waals surface area (Å²) in [7, 11) is 0. The molecular weight excluding hydrogens is 303 g/mol. The Balaban J connectivity index is 3.41. The van der Waals surface area contributed by atoms with Gasteiger partial charge in [0.15, 0.2) is 11.5 Å². The third-order valence-corrected chi connectivity index (χ3v) is 2.60. The lowest BCUT2D eigenvalue weighted by atomic mass is 10.1. The molecule has 0 spiro atoms. The van der Waals surface area contributed by atoms with E-state index in [4.69, 9.17) is 5.26 Å². The Labute approximate surface area is 103 Å². The number of Topliss-reactive ketones (excluding diaryl/α,β-unsaturated/α-hetero) is 1. The average molecular weight is 308 g/mol. The second kappa shape index (κ2) is 4.75. The van der Waals surface area contributed by atoms with Crippen LogP contribution in [0.4, 0.5) is 13.2 Å². The van der Waals surface area contributed by atoms with E-state index in [0.717, 1.165) is 13.0 Å². The van der Waals surface area contributed by atoms with E-state index in [1.807, 2.05) is 0 Å². The van der Waals surface area contributed by atoms with Gasteiger partial charge in [-0.3, -0.25) is 4.79 Å². The van der Waals surface area contributed by atoms with Crippen molar-refractivity contribution < 1.29 is 22.7 Å². The van der Waals surface area contributed by atoms with Crippen LogP contribution in [0, 0.1) is 11.3 Å². The van der Waals surface area contributed by atoms with Gasteiger partial charge in [-0.2, -0.15) is 5.26 Å². The molecule has 0 saturated carbocycles. The molecule has 0 saturated heterocycles. The van der Waals surface area contributed by atoms with Gasteiger partial charge in [-0.1, -0.05) is 0 Å². The topological polar surface area (TPSA) is 50.1 Å². The summed E-state index contributed by atoms with van der Waals surface area (Å²) in [4.78, 5) is 11.2. The standard InChI is InChI=1S/C10H5BrF3NO2/c1-5(16)7-3-2-6(4-15)8(11)9(7)17-10(12,13)14/h2-3H,1H3. The zero-order valence-electron chi connectivity index (χ0n) is 8.43. The van der Waals surface area contributed by atoms with Crippen LogP contribution in [0.1, 0.15) is 22.8 Å². The lowest BCUT2D eigenvalue weighted by Gasteiger charge is -2.14. The maximum Gasteiger partial charge on any atom is 0.573 e. The van der Waals surface area contributed by atoms with Crippen molar-refractivity contribution >= 4 is 21.7 Å². The van der Waals surface area contributed by atoms with Gasteiger partial charge in [-0.05, 0) is 35.0 Å². The van der Waals surface area contributed by atoms with Gasteiger partial charge in [0.2, 0.25) is 0 Å². The number of hydrogen-bond donors (Lipinski definition) is 0. The maximum absolute atomic E-state index is 12.2. The summed E-state index contributed by atoms with van der Waals surface area (Å²) in [6.45, 7) is 1.11. The third kappa shape index (κ3) is 3.20. The van der Waals surface area contributed by atoms with Crippen LogP contribution < -0.4 is 4.74 Å². The molecule has 0 atom stereocenters. The summed E-state index contributed by atoms with van der Waals surface area (Å²) < 4.78 is 40.0. The van der Waals surface area contributed by atoms with E-state index in [1.165, 1.54) is 6.07 Å². The van der Waals surface area contributed by atoms with E-state index < -0.39 is 17.9 Å². The van der Waals surface area contributed by atoms with Gasteiger partial charge >= 0.3 is 6.36 Å². The van der Waals surface area contributed by atoms with Crippen molar-refractivity contribution in [2.24, 2.45) is 0 Å². The van der Waals surface area contributed by atoms with E-state index in [-0.39, 0.29) is 15.6 Å². The molecule has 0 aliphatic carbocycles. The molecule has 1 aromatic rings. The maximum atomic E-state index is 12.2. The van der Waals surface area contributed by atoms with Crippen LogP contribution in [0.15, 0.2) is 16.6 Å². The van der Waals surface area contributed by atoms with Crippen molar-refractivity contribution in [1.29, 1.82) is 5.26 Å². The summed E-state index contributed by atoms with van der Waals surface area (Å²) in [5.74, 6) is -1.28. The number of ether oxygens (including phenoxy) is 1. The summed E-state index contributed by atoms with van der Waals surface area (Å²) in [6, 6.07) is 4.04. The van der Waals surface area contributed by atoms with Gasteiger partial charge in [0.25, 0.3) is 0 Å². The van der Waals surface area contributed by atoms with Crippen LogP contribution in [0.3, 0.4) is 0 Å². The first-order valence-corrected chi connectivity index (χ1v) is 5.05. The third-order valence-electron chi connectivity index (χ3n) is 1.81. The van der Waals surface area contributed by atoms with E-state index in [1.54, 1.807) is 6.07 Å². The predicted molar refractivity (Wildman–Crippen MR) is 55.5 cm³/mol. The summed E-state index contributed by atoms with van der Waals surface area (Å²) in [6.07, 6.45) is -4.93. The Kier molecular flexibility index (Phi) is 3.78. The molecule has 0 radical (unpaired) electrons. The average Bonchev–Trinajstić information content (AvgIpc) is 2.18. The van der Waals surface area contributed by atoms with Crippen molar-refractivity contribution in [2.45, 2.75) is 13.3 Å². The molecule has 0 aromatic heterocycles. The number of benzene rings is 1. The van der Waals surface area contributed by atoms with Gasteiger partial charge < -0.3 is 4.74 Å². The molecule has 1 aromatic carbocycles. The smallest absolute Gasteiger partial charge is 0.404 e. The Morgan fingerprint density at radius 3 is 2.47 bits per heavy atom. The Morgan fingerprint density at radius 2 is 2.06 bits per heavy atom. The minimum Gasteiger partial charge on any atom is -0.404 e. The quantitative estimate of drug-likeness (QED) is 0.787. The van der Waals surface area contributed by atoms with Crippen LogP contribution in [0.2, 0.25) is 0 Å². The minimum atomic E-state index is -4.93. The van der Waals surface area contributed by atoms with Gasteiger partial charge in [0.1, 0.15) is 6.07 Å². The monoisotopic (exact) mass is 307 g/mol. The fourth-order valence-electron chi connectivity index (χ4n) is 1.14. The number of ketones is 1. The van der Waals surface area contributed by atoms with Crippen LogP contribution in [0.5, 0.6) is 5.75 Å². The largest absolute Gasteiger partial charge is 0.573 e. The van der Waals surface area contributed by atoms with Crippen molar-refractivity contribution in [3.63, 3.8) is 0 Å². The number of hydrogen-bond acceptors (Lipinski definition) is 3. The summed E-state index contributed by atoms with van der Waals surface area (Å²) >= 11 is 2.81. The molecule has 0 aliphatic heterocycles. The highest BCUT2D eigenvalue weighted by molar-refractivity contribution is 9.10. The Bertz CT molecular complexity index is 505. The molecule has 0 amide bonds. The fourth-order valence-corrected chi connectivity index (χ4v) is 1.65. The normalized spacial score (nSPS) is 10.8. The van der Waals surface area contributed by atoms with Crippen molar-refractivity contribution in [2.75, 3.05) is 0 Å². The summed E-state index contributed by atoms with van der Waals surface area (Å²) in [5.41, 5.74) is -0.289. The number of alkyl halides is 3. The SMILES string of the molecule is CC(=O)c1ccc(C#N)c(Br)c1OC(F)(F)F. The van der Waals surface area contributed by atoms with Gasteiger partial charge in [-0.15, -0.1) is 13.2 Å². The van der Waals surface area contributed by atoms with Crippen LogP contribution in [-0.4, -0.2) is 12.1 Å². The highest BCUT2D eigenvalue weighted by atomic mass is 79.9. The molecule has 1 rings (SSSR count). The molecule has 0 fully saturated rings. The lowest BCUT2D eigenvalue weighted by molar-refractivity contribution is -0.275. The number of carbonyl (C=O) groups excluding carboxylic acids is 1. The highest BCUT2D eigenvalue weighted by Crippen LogP contribution is 2.36. The molecule has 0 aliphatic rings. The van der Waals surface area contributed by atoms with Gasteiger partial charge in [0.05, 0.1) is 15.6 Å². The number of halogens is 4. The number of nitrogens with zero attached hydrogens (tertiary/aromatic N) is 1. The lowest BCUT2D eigenvalue weighted by Crippen LogP contribution is -2.19. The molecule has 0 unspecified atom stereocenters. The molecule has 0 N–H and O–H groups in total. The van der Waals surface area contributed by atoms with Crippen molar-refractivity contribution in [3.05, 3.63) is 27.7 Å². The predicted octanol–water partition coefficient (Wildman–Crippen LogP) is 3.42. The highest BCUT2D eigenvalue weighted by Gasteiger charge is 2.34. The molecular formula is C10H5BrF3NO2. The van der Waals surface area contributed by atoms with E-state index in [2.05, 4.69) is 20.7 Å². The Hall–Kier alpha value is -1.55. The zero-order chi connectivity index (χ0) is 13.2. The van der Waals surface area contributed by atoms with E-state index in [9.17, 15) is 18.0 Å². The molecule has 90 valence electrons. The first-order valence-electron chi connectivity index (χ1n) is 4.25. The van der Waals surface area contributed by atoms with Gasteiger partial charge in [-0.25, -0.2) is 0 Å². The number of nitriles is 1. The minimum absolute atomic E-state index is 0.0470. The molecule has 7 heteroatoms. The Morgan fingerprint density at radius 1 is 1.47 bits per heavy atom. The molecule has 0 heterocycles. The van der Waals surface area contributed by atoms with E-state index >= 15 is 0 Å². The molecule has 0 bridgehead atoms.